The van der Waals surface area contributed by atoms with Gasteiger partial charge in [-0.05, 0) is 31.4 Å². The van der Waals surface area contributed by atoms with Gasteiger partial charge in [-0.3, -0.25) is 14.9 Å². The number of amides is 2. The minimum Gasteiger partial charge on any atom is -0.493 e. The zero-order valence-corrected chi connectivity index (χ0v) is 17.5. The molecule has 1 unspecified atom stereocenters. The van der Waals surface area contributed by atoms with Gasteiger partial charge in [0.15, 0.2) is 0 Å². The lowest BCUT2D eigenvalue weighted by atomic mass is 9.94. The SMILES string of the molecule is CN(C(=O)CCCOc1cccc2c1CN1C(=N2)NC(=O)C1CO)C1CCCCC1. The normalized spacial score (nSPS) is 20.9. The Hall–Kier alpha value is -2.61. The van der Waals surface area contributed by atoms with Gasteiger partial charge < -0.3 is 19.6 Å². The summed E-state index contributed by atoms with van der Waals surface area (Å²) in [6.45, 7) is 0.620. The number of fused-ring (bicyclic) bond motifs is 2. The van der Waals surface area contributed by atoms with Crippen molar-refractivity contribution in [2.45, 2.75) is 63.6 Å². The summed E-state index contributed by atoms with van der Waals surface area (Å²) in [6, 6.07) is 5.40. The minimum atomic E-state index is -0.627. The number of aliphatic hydroxyl groups excluding tert-OH is 1. The van der Waals surface area contributed by atoms with Crippen molar-refractivity contribution < 1.29 is 19.4 Å². The number of hydrogen-bond donors (Lipinski definition) is 2. The van der Waals surface area contributed by atoms with Crippen molar-refractivity contribution >= 4 is 23.5 Å². The number of aliphatic hydroxyl groups is 1. The molecule has 2 aliphatic heterocycles. The number of nitrogens with one attached hydrogen (secondary N) is 1. The van der Waals surface area contributed by atoms with Crippen molar-refractivity contribution in [1.82, 2.24) is 15.1 Å². The third-order valence-corrected chi connectivity index (χ3v) is 6.33. The van der Waals surface area contributed by atoms with Gasteiger partial charge >= 0.3 is 0 Å². The average Bonchev–Trinajstić information content (AvgIpc) is 3.08. The second-order valence-corrected chi connectivity index (χ2v) is 8.25. The molecule has 1 atom stereocenters. The minimum absolute atomic E-state index is 0.183. The van der Waals surface area contributed by atoms with E-state index in [0.717, 1.165) is 24.1 Å². The van der Waals surface area contributed by atoms with Gasteiger partial charge in [0.1, 0.15) is 11.8 Å². The fourth-order valence-electron chi connectivity index (χ4n) is 4.50. The van der Waals surface area contributed by atoms with Gasteiger partial charge in [0.25, 0.3) is 5.91 Å². The first-order valence-corrected chi connectivity index (χ1v) is 10.9. The molecule has 0 aromatic heterocycles. The maximum Gasteiger partial charge on any atom is 0.251 e. The first kappa shape index (κ1) is 20.7. The van der Waals surface area contributed by atoms with E-state index in [-0.39, 0.29) is 18.4 Å². The standard InChI is InChI=1S/C22H30N4O4/c1-25(15-7-3-2-4-8-15)20(28)11-6-12-30-19-10-5-9-17-16(19)13-26-18(14-27)21(29)24-22(26)23-17/h5,9-10,15,18,27H,2-4,6-8,11-14H2,1H3,(H,23,24,29). The van der Waals surface area contributed by atoms with Gasteiger partial charge in [-0.1, -0.05) is 25.3 Å². The van der Waals surface area contributed by atoms with Crippen molar-refractivity contribution in [3.8, 4) is 5.75 Å². The van der Waals surface area contributed by atoms with Crippen LogP contribution in [0.4, 0.5) is 5.69 Å². The second kappa shape index (κ2) is 9.04. The molecule has 0 radical (unpaired) electrons. The van der Waals surface area contributed by atoms with E-state index in [4.69, 9.17) is 4.74 Å². The van der Waals surface area contributed by atoms with Gasteiger partial charge in [0.2, 0.25) is 11.9 Å². The molecule has 2 N–H and O–H groups in total. The highest BCUT2D eigenvalue weighted by Crippen LogP contribution is 2.35. The molecule has 3 aliphatic rings. The van der Waals surface area contributed by atoms with Crippen LogP contribution in [0.5, 0.6) is 5.75 Å². The molecule has 1 saturated heterocycles. The molecule has 0 bridgehead atoms. The largest absolute Gasteiger partial charge is 0.493 e. The molecular formula is C22H30N4O4. The quantitative estimate of drug-likeness (QED) is 0.665. The maximum atomic E-state index is 12.5. The highest BCUT2D eigenvalue weighted by Gasteiger charge is 2.39. The van der Waals surface area contributed by atoms with Crippen LogP contribution in [0.15, 0.2) is 23.2 Å². The molecular weight excluding hydrogens is 384 g/mol. The van der Waals surface area contributed by atoms with E-state index in [1.165, 1.54) is 19.3 Å². The molecule has 1 aromatic rings. The number of benzene rings is 1. The monoisotopic (exact) mass is 414 g/mol. The number of aliphatic imine (C=N–C) groups is 1. The van der Waals surface area contributed by atoms with Crippen molar-refractivity contribution in [3.63, 3.8) is 0 Å². The molecule has 0 spiro atoms. The number of carbonyl (C=O) groups is 2. The lowest BCUT2D eigenvalue weighted by molar-refractivity contribution is -0.132. The molecule has 2 amide bonds. The van der Waals surface area contributed by atoms with E-state index in [2.05, 4.69) is 10.3 Å². The van der Waals surface area contributed by atoms with Gasteiger partial charge in [-0.25, -0.2) is 4.99 Å². The van der Waals surface area contributed by atoms with Crippen molar-refractivity contribution in [1.29, 1.82) is 0 Å². The average molecular weight is 415 g/mol. The Morgan fingerprint density at radius 1 is 1.33 bits per heavy atom. The van der Waals surface area contributed by atoms with Crippen LogP contribution in [0, 0.1) is 0 Å². The Kier molecular flexibility index (Phi) is 6.22. The van der Waals surface area contributed by atoms with E-state index in [1.807, 2.05) is 30.1 Å². The zero-order valence-electron chi connectivity index (χ0n) is 17.5. The number of rotatable bonds is 7. The van der Waals surface area contributed by atoms with Crippen LogP contribution in [0.25, 0.3) is 0 Å². The van der Waals surface area contributed by atoms with Gasteiger partial charge in [-0.15, -0.1) is 0 Å². The summed E-state index contributed by atoms with van der Waals surface area (Å²) in [7, 11) is 1.92. The summed E-state index contributed by atoms with van der Waals surface area (Å²) in [5.41, 5.74) is 1.65. The molecule has 1 aliphatic carbocycles. The van der Waals surface area contributed by atoms with Gasteiger partial charge in [-0.2, -0.15) is 0 Å². The van der Waals surface area contributed by atoms with Gasteiger partial charge in [0, 0.05) is 25.1 Å². The fourth-order valence-corrected chi connectivity index (χ4v) is 4.50. The fraction of sp³-hybridized carbons (Fsp3) is 0.591. The van der Waals surface area contributed by atoms with Crippen LogP contribution in [0.1, 0.15) is 50.5 Å². The molecule has 8 heteroatoms. The van der Waals surface area contributed by atoms with E-state index in [0.29, 0.717) is 43.7 Å². The molecule has 2 heterocycles. The molecule has 2 fully saturated rings. The van der Waals surface area contributed by atoms with Crippen LogP contribution in [0.3, 0.4) is 0 Å². The topological polar surface area (TPSA) is 94.5 Å². The van der Waals surface area contributed by atoms with E-state index in [9.17, 15) is 14.7 Å². The summed E-state index contributed by atoms with van der Waals surface area (Å²) in [5, 5.41) is 12.2. The Morgan fingerprint density at radius 2 is 2.13 bits per heavy atom. The van der Waals surface area contributed by atoms with E-state index >= 15 is 0 Å². The molecule has 1 aromatic carbocycles. The molecule has 1 saturated carbocycles. The Morgan fingerprint density at radius 3 is 2.90 bits per heavy atom. The van der Waals surface area contributed by atoms with Crippen LogP contribution in [-0.4, -0.2) is 65.0 Å². The molecule has 8 nitrogen and oxygen atoms in total. The second-order valence-electron chi connectivity index (χ2n) is 8.25. The van der Waals surface area contributed by atoms with Gasteiger partial charge in [0.05, 0.1) is 25.4 Å². The van der Waals surface area contributed by atoms with E-state index in [1.54, 1.807) is 4.90 Å². The summed E-state index contributed by atoms with van der Waals surface area (Å²) in [5.74, 6) is 1.12. The summed E-state index contributed by atoms with van der Waals surface area (Å²) >= 11 is 0. The first-order chi connectivity index (χ1) is 14.6. The number of nitrogens with zero attached hydrogens (tertiary/aromatic N) is 3. The third-order valence-electron chi connectivity index (χ3n) is 6.33. The predicted octanol–water partition coefficient (Wildman–Crippen LogP) is 1.93. The number of hydrogen-bond acceptors (Lipinski definition) is 6. The lowest BCUT2D eigenvalue weighted by Crippen LogP contribution is -2.39. The Bertz CT molecular complexity index is 834. The molecule has 4 rings (SSSR count). The Balaban J connectivity index is 1.32. The van der Waals surface area contributed by atoms with E-state index < -0.39 is 6.04 Å². The summed E-state index contributed by atoms with van der Waals surface area (Å²) in [6.07, 6.45) is 7.05. The van der Waals surface area contributed by atoms with Crippen molar-refractivity contribution in [2.24, 2.45) is 4.99 Å². The summed E-state index contributed by atoms with van der Waals surface area (Å²) < 4.78 is 5.99. The molecule has 30 heavy (non-hydrogen) atoms. The molecule has 162 valence electrons. The predicted molar refractivity (Wildman–Crippen MR) is 112 cm³/mol. The smallest absolute Gasteiger partial charge is 0.251 e. The summed E-state index contributed by atoms with van der Waals surface area (Å²) in [4.78, 5) is 32.7. The highest BCUT2D eigenvalue weighted by molar-refractivity contribution is 6.07. The highest BCUT2D eigenvalue weighted by atomic mass is 16.5. The van der Waals surface area contributed by atoms with Crippen LogP contribution in [-0.2, 0) is 16.1 Å². The number of carbonyl (C=O) groups excluding carboxylic acids is 2. The lowest BCUT2D eigenvalue weighted by Gasteiger charge is -2.31. The Labute approximate surface area is 176 Å². The third kappa shape index (κ3) is 4.14. The van der Waals surface area contributed by atoms with Crippen LogP contribution >= 0.6 is 0 Å². The number of ether oxygens (including phenoxy) is 1. The number of guanidine groups is 1. The first-order valence-electron chi connectivity index (χ1n) is 10.9. The van der Waals surface area contributed by atoms with Crippen LogP contribution < -0.4 is 10.1 Å². The van der Waals surface area contributed by atoms with Crippen LogP contribution in [0.2, 0.25) is 0 Å². The van der Waals surface area contributed by atoms with Crippen molar-refractivity contribution in [2.75, 3.05) is 20.3 Å². The van der Waals surface area contributed by atoms with Crippen molar-refractivity contribution in [3.05, 3.63) is 23.8 Å². The maximum absolute atomic E-state index is 12.5. The zero-order chi connectivity index (χ0) is 21.1.